The average molecular weight is 243 g/mol. The van der Waals surface area contributed by atoms with Gasteiger partial charge in [-0.1, -0.05) is 25.0 Å². The number of rotatable bonds is 2. The molecule has 0 heterocycles. The van der Waals surface area contributed by atoms with Crippen LogP contribution in [0.5, 0.6) is 0 Å². The zero-order valence-corrected chi connectivity index (χ0v) is 8.94. The first-order valence-electron chi connectivity index (χ1n) is 4.17. The van der Waals surface area contributed by atoms with Crippen molar-refractivity contribution >= 4 is 5.97 Å². The van der Waals surface area contributed by atoms with Crippen molar-refractivity contribution in [2.24, 2.45) is 5.92 Å². The topological polar surface area (TPSA) is 50.1 Å². The van der Waals surface area contributed by atoms with E-state index in [4.69, 9.17) is 16.6 Å². The van der Waals surface area contributed by atoms with Gasteiger partial charge in [0.1, 0.15) is 0 Å². The van der Waals surface area contributed by atoms with Crippen LogP contribution in [0.1, 0.15) is 26.2 Å². The number of hydrogen-bond donors (Lipinski definition) is 0. The van der Waals surface area contributed by atoms with Gasteiger partial charge in [-0.05, 0) is 6.42 Å². The van der Waals surface area contributed by atoms with Crippen molar-refractivity contribution in [2.75, 3.05) is 0 Å². The maximum Gasteiger partial charge on any atom is 2.00 e. The molecule has 1 aliphatic carbocycles. The molecule has 0 aromatic heterocycles. The van der Waals surface area contributed by atoms with Crippen LogP contribution in [0.2, 0.25) is 0 Å². The summed E-state index contributed by atoms with van der Waals surface area (Å²) in [6.07, 6.45) is 7.51. The van der Waals surface area contributed by atoms with Gasteiger partial charge in [0.05, 0.1) is 0 Å². The largest absolute Gasteiger partial charge is 2.00 e. The van der Waals surface area contributed by atoms with Gasteiger partial charge in [0.25, 0.3) is 5.97 Å². The zero-order valence-electron chi connectivity index (χ0n) is 8.00. The molecule has 1 atom stereocenters. The molecule has 0 aromatic carbocycles. The first-order chi connectivity index (χ1) is 6.29. The normalized spacial score (nSPS) is 18.4. The molecule has 81 valence electrons. The molecule has 0 amide bonds. The minimum Gasteiger partial charge on any atom is -0.637 e. The van der Waals surface area contributed by atoms with Crippen molar-refractivity contribution in [2.45, 2.75) is 26.2 Å². The van der Waals surface area contributed by atoms with E-state index in [1.165, 1.54) is 6.92 Å². The van der Waals surface area contributed by atoms with Crippen molar-refractivity contribution in [3.63, 3.8) is 0 Å². The van der Waals surface area contributed by atoms with Crippen molar-refractivity contribution in [1.29, 1.82) is 5.26 Å². The molecule has 0 N–H and O–H groups in total. The van der Waals surface area contributed by atoms with Crippen LogP contribution in [0.25, 0.3) is 0 Å². The van der Waals surface area contributed by atoms with Crippen LogP contribution in [-0.2, 0) is 26.6 Å². The van der Waals surface area contributed by atoms with E-state index in [1.807, 2.05) is 0 Å². The Morgan fingerprint density at radius 3 is 2.64 bits per heavy atom. The van der Waals surface area contributed by atoms with Crippen molar-refractivity contribution < 1.29 is 26.6 Å². The summed E-state index contributed by atoms with van der Waals surface area (Å²) < 4.78 is 4.78. The van der Waals surface area contributed by atoms with E-state index in [2.05, 4.69) is 12.2 Å². The zero-order chi connectivity index (χ0) is 10.1. The van der Waals surface area contributed by atoms with E-state index in [9.17, 15) is 4.79 Å². The number of carbonyl (C=O) groups is 1. The van der Waals surface area contributed by atoms with E-state index in [-0.39, 0.29) is 23.0 Å². The Balaban J connectivity index is 0. The summed E-state index contributed by atoms with van der Waals surface area (Å²) in [5, 5.41) is 6.25. The van der Waals surface area contributed by atoms with Gasteiger partial charge in [-0.25, -0.2) is 0 Å². The van der Waals surface area contributed by atoms with E-state index in [0.29, 0.717) is 5.92 Å². The molecule has 0 saturated heterocycles. The Hall–Kier alpha value is -0.781. The molecule has 0 aromatic rings. The minimum atomic E-state index is -0.223. The summed E-state index contributed by atoms with van der Waals surface area (Å²) >= 11 is 0. The third-order valence-electron chi connectivity index (χ3n) is 1.74. The molecule has 1 rings (SSSR count). The predicted molar refractivity (Wildman–Crippen MR) is 47.5 cm³/mol. The first-order valence-corrected chi connectivity index (χ1v) is 4.17. The number of carbonyl (C=O) groups excluding carboxylic acids is 1. The Morgan fingerprint density at radius 2 is 2.21 bits per heavy atom. The molecule has 14 heavy (non-hydrogen) atoms. The quantitative estimate of drug-likeness (QED) is 0.323. The molecule has 3 nitrogen and oxygen atoms in total. The molecule has 1 unspecified atom stereocenters. The molecule has 1 radical (unpaired) electrons. The van der Waals surface area contributed by atoms with Gasteiger partial charge < -0.3 is 16.6 Å². The summed E-state index contributed by atoms with van der Waals surface area (Å²) in [6.45, 7) is 7.83. The van der Waals surface area contributed by atoms with E-state index >= 15 is 0 Å². The summed E-state index contributed by atoms with van der Waals surface area (Å²) in [6, 6.07) is 0. The third kappa shape index (κ3) is 7.85. The summed E-state index contributed by atoms with van der Waals surface area (Å²) in [7, 11) is 0. The van der Waals surface area contributed by atoms with Crippen LogP contribution in [0, 0.1) is 24.4 Å². The fourth-order valence-corrected chi connectivity index (χ4v) is 1.13. The predicted octanol–water partition coefficient (Wildman–Crippen LogP) is 2.16. The third-order valence-corrected chi connectivity index (χ3v) is 1.74. The van der Waals surface area contributed by atoms with Gasteiger partial charge in [-0.2, -0.15) is 6.61 Å². The maximum atomic E-state index is 10.4. The molecule has 0 spiro atoms. The number of ether oxygens (including phenoxy) is 1. The fraction of sp³-hybridized carbons (Fsp3) is 0.500. The van der Waals surface area contributed by atoms with Crippen molar-refractivity contribution in [3.05, 3.63) is 25.3 Å². The van der Waals surface area contributed by atoms with E-state index < -0.39 is 0 Å². The van der Waals surface area contributed by atoms with Crippen molar-refractivity contribution in [1.82, 2.24) is 0 Å². The molecular weight excluding hydrogens is 230 g/mol. The average Bonchev–Trinajstić information content (AvgIpc) is 2.19. The van der Waals surface area contributed by atoms with Crippen LogP contribution in [0.15, 0.2) is 12.2 Å². The monoisotopic (exact) mass is 242 g/mol. The summed E-state index contributed by atoms with van der Waals surface area (Å²) in [5.74, 6) is 0.212. The summed E-state index contributed by atoms with van der Waals surface area (Å²) in [4.78, 5) is 10.4. The molecular formula is C10H13CuNO2. The van der Waals surface area contributed by atoms with Gasteiger partial charge in [-0.15, -0.1) is 5.92 Å². The smallest absolute Gasteiger partial charge is 0.637 e. The first kappa shape index (κ1) is 15.7. The van der Waals surface area contributed by atoms with Gasteiger partial charge in [0.15, 0.2) is 0 Å². The van der Waals surface area contributed by atoms with Gasteiger partial charge in [0, 0.05) is 6.92 Å². The minimum absolute atomic E-state index is 0. The molecule has 0 fully saturated rings. The number of nitrogens with zero attached hydrogens (tertiary/aromatic N) is 1. The molecule has 0 aliphatic heterocycles. The van der Waals surface area contributed by atoms with Gasteiger partial charge in [0.2, 0.25) is 0 Å². The van der Waals surface area contributed by atoms with Crippen molar-refractivity contribution in [3.8, 4) is 0 Å². The van der Waals surface area contributed by atoms with Crippen LogP contribution < -0.4 is 0 Å². The standard InChI is InChI=1S/C9H13O2.CN.Cu/c1-8(10)11-7-9-5-3-2-4-6-9;1-2;/h2-3,7,9H,4-6H2,1H3;;/q2*-1;+2. The Bertz CT molecular complexity index is 202. The second kappa shape index (κ2) is 10.3. The Morgan fingerprint density at radius 1 is 1.57 bits per heavy atom. The summed E-state index contributed by atoms with van der Waals surface area (Å²) in [5.41, 5.74) is 0. The van der Waals surface area contributed by atoms with Gasteiger partial charge >= 0.3 is 17.1 Å². The number of esters is 1. The second-order valence-corrected chi connectivity index (χ2v) is 2.79. The fourth-order valence-electron chi connectivity index (χ4n) is 1.13. The molecule has 1 aliphatic rings. The van der Waals surface area contributed by atoms with Crippen LogP contribution in [0.4, 0.5) is 0 Å². The molecule has 0 saturated carbocycles. The number of allylic oxidation sites excluding steroid dienone is 2. The maximum absolute atomic E-state index is 10.4. The van der Waals surface area contributed by atoms with Crippen LogP contribution in [-0.4, -0.2) is 5.97 Å². The van der Waals surface area contributed by atoms with Gasteiger partial charge in [-0.3, -0.25) is 4.79 Å². The Labute approximate surface area is 95.6 Å². The molecule has 0 bridgehead atoms. The van der Waals surface area contributed by atoms with Crippen LogP contribution in [0.3, 0.4) is 0 Å². The SMILES string of the molecule is CC(=O)O[CH-]C1CC=CCC1.[C-]#N.[Cu+2]. The van der Waals surface area contributed by atoms with E-state index in [1.54, 1.807) is 6.61 Å². The molecule has 4 heteroatoms. The Kier molecular flexibility index (Phi) is 11.5. The second-order valence-electron chi connectivity index (χ2n) is 2.79. The number of hydrogen-bond acceptors (Lipinski definition) is 3. The van der Waals surface area contributed by atoms with E-state index in [0.717, 1.165) is 19.3 Å². The van der Waals surface area contributed by atoms with Crippen LogP contribution >= 0.6 is 0 Å².